The Labute approximate surface area is 166 Å². The second-order valence-electron chi connectivity index (χ2n) is 6.14. The molecule has 28 heavy (non-hydrogen) atoms. The highest BCUT2D eigenvalue weighted by Gasteiger charge is 2.36. The molecule has 0 radical (unpaired) electrons. The number of H-pyrrole nitrogens is 1. The lowest BCUT2D eigenvalue weighted by Crippen LogP contribution is -2.23. The van der Waals surface area contributed by atoms with Gasteiger partial charge in [-0.25, -0.2) is 4.79 Å². The number of hydrogen-bond acceptors (Lipinski definition) is 4. The molecular weight excluding hydrogens is 399 g/mol. The van der Waals surface area contributed by atoms with E-state index >= 15 is 0 Å². The highest BCUT2D eigenvalue weighted by molar-refractivity contribution is 7.75. The molecular formula is C20H16ClN2O4P. The number of nitrogens with one attached hydrogen (secondary N) is 1. The second-order valence-corrected chi connectivity index (χ2v) is 9.01. The highest BCUT2D eigenvalue weighted by Crippen LogP contribution is 2.47. The van der Waals surface area contributed by atoms with Crippen molar-refractivity contribution >= 4 is 52.5 Å². The van der Waals surface area contributed by atoms with Gasteiger partial charge in [-0.3, -0.25) is 4.57 Å². The SMILES string of the molecule is COP(=O)(c1cc(C)cc(C=CC#N)c1)c1c(C(=O)O)[nH]c2ccc(Cl)cc12. The van der Waals surface area contributed by atoms with Crippen molar-refractivity contribution in [3.63, 3.8) is 0 Å². The Bertz CT molecular complexity index is 1210. The number of carbonyl (C=O) groups is 1. The number of aromatic amines is 1. The van der Waals surface area contributed by atoms with E-state index in [1.165, 1.54) is 13.2 Å². The Hall–Kier alpha value is -2.84. The lowest BCUT2D eigenvalue weighted by atomic mass is 10.1. The summed E-state index contributed by atoms with van der Waals surface area (Å²) in [5.41, 5.74) is 1.73. The molecule has 0 saturated heterocycles. The number of aromatic carboxylic acids is 1. The Morgan fingerprint density at radius 2 is 2.07 bits per heavy atom. The number of halogens is 1. The molecule has 3 aromatic rings. The van der Waals surface area contributed by atoms with Crippen LogP contribution in [0.5, 0.6) is 0 Å². The van der Waals surface area contributed by atoms with Gasteiger partial charge in [0.15, 0.2) is 0 Å². The van der Waals surface area contributed by atoms with Crippen LogP contribution in [0.4, 0.5) is 0 Å². The van der Waals surface area contributed by atoms with Crippen LogP contribution in [0, 0.1) is 18.3 Å². The number of allylic oxidation sites excluding steroid dienone is 1. The van der Waals surface area contributed by atoms with E-state index in [4.69, 9.17) is 21.4 Å². The number of carboxylic acid groups (broad SMARTS) is 1. The van der Waals surface area contributed by atoms with E-state index in [0.717, 1.165) is 5.56 Å². The van der Waals surface area contributed by atoms with E-state index in [2.05, 4.69) is 4.98 Å². The fourth-order valence-corrected chi connectivity index (χ4v) is 5.59. The van der Waals surface area contributed by atoms with Crippen LogP contribution in [0.3, 0.4) is 0 Å². The number of hydrogen-bond donors (Lipinski definition) is 2. The van der Waals surface area contributed by atoms with Crippen LogP contribution in [-0.2, 0) is 9.09 Å². The summed E-state index contributed by atoms with van der Waals surface area (Å²) < 4.78 is 19.5. The molecule has 2 N–H and O–H groups in total. The molecule has 0 fully saturated rings. The van der Waals surface area contributed by atoms with Crippen LogP contribution >= 0.6 is 19.0 Å². The number of aryl methyl sites for hydroxylation is 1. The average molecular weight is 415 g/mol. The van der Waals surface area contributed by atoms with Gasteiger partial charge in [0.25, 0.3) is 7.37 Å². The lowest BCUT2D eigenvalue weighted by Gasteiger charge is -2.18. The largest absolute Gasteiger partial charge is 0.477 e. The summed E-state index contributed by atoms with van der Waals surface area (Å²) in [7, 11) is -2.51. The Morgan fingerprint density at radius 3 is 2.71 bits per heavy atom. The molecule has 1 atom stereocenters. The molecule has 8 heteroatoms. The zero-order chi connectivity index (χ0) is 20.5. The number of nitriles is 1. The van der Waals surface area contributed by atoms with Crippen molar-refractivity contribution in [1.82, 2.24) is 4.98 Å². The average Bonchev–Trinajstić information content (AvgIpc) is 3.04. The van der Waals surface area contributed by atoms with Crippen LogP contribution in [0.25, 0.3) is 17.0 Å². The minimum atomic E-state index is -3.79. The minimum absolute atomic E-state index is 0.0563. The van der Waals surface area contributed by atoms with Gasteiger partial charge in [0, 0.05) is 34.4 Å². The molecule has 3 rings (SSSR count). The van der Waals surface area contributed by atoms with Crippen LogP contribution in [0.2, 0.25) is 5.02 Å². The number of fused-ring (bicyclic) bond motifs is 1. The first-order valence-electron chi connectivity index (χ1n) is 8.19. The molecule has 2 aromatic carbocycles. The monoisotopic (exact) mass is 414 g/mol. The number of carboxylic acids is 1. The summed E-state index contributed by atoms with van der Waals surface area (Å²) in [5.74, 6) is -1.25. The molecule has 1 heterocycles. The van der Waals surface area contributed by atoms with Crippen LogP contribution in [-0.4, -0.2) is 23.2 Å². The van der Waals surface area contributed by atoms with E-state index in [1.54, 1.807) is 36.4 Å². The van der Waals surface area contributed by atoms with E-state index < -0.39 is 13.3 Å². The van der Waals surface area contributed by atoms with Crippen molar-refractivity contribution in [1.29, 1.82) is 5.26 Å². The smallest absolute Gasteiger partial charge is 0.353 e. The van der Waals surface area contributed by atoms with E-state index in [1.807, 2.05) is 19.1 Å². The quantitative estimate of drug-likeness (QED) is 0.480. The minimum Gasteiger partial charge on any atom is -0.477 e. The topological polar surface area (TPSA) is 103 Å². The molecule has 1 aromatic heterocycles. The standard InChI is InChI=1S/C20H16ClN2O4P/c1-12-8-13(4-3-7-22)10-15(9-12)28(26,27-2)19-16-11-14(21)5-6-17(16)23-18(19)20(24)25/h3-6,8-11,23H,1-2H3,(H,24,25). The maximum atomic E-state index is 14.0. The zero-order valence-electron chi connectivity index (χ0n) is 15.1. The van der Waals surface area contributed by atoms with E-state index in [0.29, 0.717) is 26.8 Å². The predicted molar refractivity (Wildman–Crippen MR) is 110 cm³/mol. The molecule has 0 spiro atoms. The van der Waals surface area contributed by atoms with Gasteiger partial charge in [-0.15, -0.1) is 0 Å². The van der Waals surface area contributed by atoms with E-state index in [9.17, 15) is 14.5 Å². The fraction of sp³-hybridized carbons (Fsp3) is 0.100. The van der Waals surface area contributed by atoms with Crippen molar-refractivity contribution in [3.05, 3.63) is 64.3 Å². The molecule has 0 saturated carbocycles. The number of rotatable bonds is 5. The van der Waals surface area contributed by atoms with Crippen molar-refractivity contribution in [2.24, 2.45) is 0 Å². The van der Waals surface area contributed by atoms with Gasteiger partial charge in [0.1, 0.15) is 5.69 Å². The van der Waals surface area contributed by atoms with Crippen molar-refractivity contribution in [3.8, 4) is 6.07 Å². The third-order valence-corrected chi connectivity index (χ3v) is 7.01. The van der Waals surface area contributed by atoms with Crippen molar-refractivity contribution in [2.75, 3.05) is 7.11 Å². The maximum absolute atomic E-state index is 14.0. The van der Waals surface area contributed by atoms with Crippen molar-refractivity contribution in [2.45, 2.75) is 6.92 Å². The van der Waals surface area contributed by atoms with Crippen LogP contribution < -0.4 is 10.6 Å². The summed E-state index contributed by atoms with van der Waals surface area (Å²) in [5, 5.41) is 19.6. The third kappa shape index (κ3) is 3.48. The number of benzene rings is 2. The summed E-state index contributed by atoms with van der Waals surface area (Å²) in [6, 6.07) is 11.8. The molecule has 6 nitrogen and oxygen atoms in total. The van der Waals surface area contributed by atoms with Crippen LogP contribution in [0.15, 0.2) is 42.5 Å². The lowest BCUT2D eigenvalue weighted by molar-refractivity contribution is 0.0692. The van der Waals surface area contributed by atoms with E-state index in [-0.39, 0.29) is 11.0 Å². The summed E-state index contributed by atoms with van der Waals surface area (Å²) >= 11 is 6.09. The van der Waals surface area contributed by atoms with Gasteiger partial charge in [-0.05, 0) is 54.5 Å². The van der Waals surface area contributed by atoms with Crippen LogP contribution in [0.1, 0.15) is 21.6 Å². The number of nitrogens with zero attached hydrogens (tertiary/aromatic N) is 1. The van der Waals surface area contributed by atoms with Gasteiger partial charge in [-0.2, -0.15) is 5.26 Å². The van der Waals surface area contributed by atoms with Gasteiger partial charge in [0.2, 0.25) is 0 Å². The summed E-state index contributed by atoms with van der Waals surface area (Å²) in [4.78, 5) is 14.7. The molecule has 1 unspecified atom stereocenters. The fourth-order valence-electron chi connectivity index (χ4n) is 3.13. The Kier molecular flexibility index (Phi) is 5.44. The third-order valence-electron chi connectivity index (χ3n) is 4.27. The molecule has 0 aliphatic rings. The van der Waals surface area contributed by atoms with Gasteiger partial charge in [-0.1, -0.05) is 17.7 Å². The first-order valence-corrected chi connectivity index (χ1v) is 10.2. The second kappa shape index (κ2) is 7.65. The number of aromatic nitrogens is 1. The van der Waals surface area contributed by atoms with Gasteiger partial charge in [0.05, 0.1) is 11.4 Å². The van der Waals surface area contributed by atoms with Gasteiger partial charge >= 0.3 is 5.97 Å². The Morgan fingerprint density at radius 1 is 1.32 bits per heavy atom. The molecule has 0 aliphatic heterocycles. The van der Waals surface area contributed by atoms with Crippen molar-refractivity contribution < 1.29 is 19.0 Å². The molecule has 142 valence electrons. The predicted octanol–water partition coefficient (Wildman–Crippen LogP) is 4.24. The first kappa shape index (κ1) is 19.9. The normalized spacial score (nSPS) is 13.5. The molecule has 0 amide bonds. The summed E-state index contributed by atoms with van der Waals surface area (Å²) in [6.07, 6.45) is 2.89. The first-order chi connectivity index (χ1) is 13.3. The molecule has 0 bridgehead atoms. The summed E-state index contributed by atoms with van der Waals surface area (Å²) in [6.45, 7) is 1.82. The maximum Gasteiger partial charge on any atom is 0.353 e. The highest BCUT2D eigenvalue weighted by atomic mass is 35.5. The Balaban J connectivity index is 2.36. The molecule has 0 aliphatic carbocycles. The van der Waals surface area contributed by atoms with Gasteiger partial charge < -0.3 is 14.6 Å². The zero-order valence-corrected chi connectivity index (χ0v) is 16.7.